The van der Waals surface area contributed by atoms with Crippen molar-refractivity contribution in [2.75, 3.05) is 9.80 Å². The normalized spacial score (nSPS) is 12.9. The zero-order valence-electron chi connectivity index (χ0n) is 29.3. The number of para-hydroxylation sites is 3. The minimum Gasteiger partial charge on any atom is -0.509 e. The Labute approximate surface area is 327 Å². The molecule has 7 heteroatoms. The van der Waals surface area contributed by atoms with E-state index in [-0.39, 0.29) is 26.5 Å². The molecule has 0 bridgehead atoms. The van der Waals surface area contributed by atoms with Gasteiger partial charge in [-0.05, 0) is 58.8 Å². The van der Waals surface area contributed by atoms with Crippen molar-refractivity contribution >= 4 is 76.1 Å². The molecular formula is C46H33N4OPtS-3. The molecule has 10 rings (SSSR count). The summed E-state index contributed by atoms with van der Waals surface area (Å²) in [6.07, 6.45) is 1.90. The average Bonchev–Trinajstić information content (AvgIpc) is 3.84. The van der Waals surface area contributed by atoms with Crippen LogP contribution < -0.4 is 14.5 Å². The third kappa shape index (κ3) is 5.60. The second-order valence-corrected chi connectivity index (χ2v) is 15.2. The fourth-order valence-corrected chi connectivity index (χ4v) is 8.56. The van der Waals surface area contributed by atoms with Crippen LogP contribution in [0.3, 0.4) is 0 Å². The summed E-state index contributed by atoms with van der Waals surface area (Å²) in [6.45, 7) is 8.84. The summed E-state index contributed by atoms with van der Waals surface area (Å²) in [4.78, 5) is 9.30. The number of benzene rings is 6. The van der Waals surface area contributed by atoms with Gasteiger partial charge in [0, 0.05) is 76.8 Å². The van der Waals surface area contributed by atoms with E-state index in [9.17, 15) is 0 Å². The minimum absolute atomic E-state index is 0. The van der Waals surface area contributed by atoms with Crippen LogP contribution in [-0.2, 0) is 26.5 Å². The molecule has 1 aliphatic heterocycles. The quantitative estimate of drug-likeness (QED) is 0.161. The molecule has 0 saturated heterocycles. The maximum absolute atomic E-state index is 6.55. The molecule has 0 fully saturated rings. The Bertz CT molecular complexity index is 2830. The molecule has 1 aliphatic rings. The van der Waals surface area contributed by atoms with Gasteiger partial charge in [-0.1, -0.05) is 87.0 Å². The first-order chi connectivity index (χ1) is 25.4. The van der Waals surface area contributed by atoms with Gasteiger partial charge in [-0.3, -0.25) is 0 Å². The fourth-order valence-electron chi connectivity index (χ4n) is 7.35. The van der Waals surface area contributed by atoms with E-state index in [0.717, 1.165) is 50.4 Å². The van der Waals surface area contributed by atoms with E-state index >= 15 is 0 Å². The predicted octanol–water partition coefficient (Wildman–Crippen LogP) is 12.6. The van der Waals surface area contributed by atoms with E-state index in [2.05, 4.69) is 169 Å². The van der Waals surface area contributed by atoms with Gasteiger partial charge in [-0.2, -0.15) is 12.1 Å². The SMILES string of the molecule is CC(C)(C)c1ccnc(-n2c3[c-]c(Oc4[c-]c(N5[CH-]N(c6cccc7c6sc6ccccc67)c6ccccc65)ccc4)ccc3c3ccccc32)c1.[Pt]. The fraction of sp³-hybridized carbons (Fsp3) is 0.0870. The number of anilines is 4. The first kappa shape index (κ1) is 33.4. The molecule has 6 aromatic carbocycles. The third-order valence-corrected chi connectivity index (χ3v) is 11.1. The van der Waals surface area contributed by atoms with Crippen molar-refractivity contribution in [1.29, 1.82) is 0 Å². The van der Waals surface area contributed by atoms with Gasteiger partial charge < -0.3 is 19.1 Å². The van der Waals surface area contributed by atoms with Gasteiger partial charge in [0.05, 0.1) is 4.70 Å². The molecule has 4 heterocycles. The number of rotatable bonds is 5. The van der Waals surface area contributed by atoms with Crippen LogP contribution in [0.5, 0.6) is 11.5 Å². The minimum atomic E-state index is -0.00839. The molecule has 53 heavy (non-hydrogen) atoms. The molecule has 0 aliphatic carbocycles. The summed E-state index contributed by atoms with van der Waals surface area (Å²) < 4.78 is 11.3. The molecule has 0 spiro atoms. The summed E-state index contributed by atoms with van der Waals surface area (Å²) in [7, 11) is 0. The Morgan fingerprint density at radius 2 is 1.34 bits per heavy atom. The Balaban J connectivity index is 0.00000372. The molecule has 0 atom stereocenters. The molecule has 9 aromatic rings. The number of hydrogen-bond acceptors (Lipinski definition) is 5. The van der Waals surface area contributed by atoms with Crippen LogP contribution in [-0.4, -0.2) is 9.55 Å². The van der Waals surface area contributed by atoms with Crippen LogP contribution in [0.15, 0.2) is 140 Å². The second-order valence-electron chi connectivity index (χ2n) is 14.2. The van der Waals surface area contributed by atoms with Crippen LogP contribution in [0.4, 0.5) is 22.7 Å². The molecule has 0 radical (unpaired) electrons. The molecule has 3 aromatic heterocycles. The summed E-state index contributed by atoms with van der Waals surface area (Å²) in [5.41, 5.74) is 7.45. The summed E-state index contributed by atoms with van der Waals surface area (Å²) >= 11 is 1.84. The maximum atomic E-state index is 6.55. The standard InChI is InChI=1S/C46H33N4OS.Pt/c1-46(2,3)30-24-25-47-44(26-30)50-38-17-6-4-14-34(38)35-23-22-33(28-42(35)50)51-32-13-10-12-31(27-32)48-29-49(40-19-8-7-18-39(40)48)41-20-11-16-37-36-15-5-9-21-43(36)52-45(37)41;/h4-26,29H,1-3H3;/q-3;. The van der Waals surface area contributed by atoms with Crippen molar-refractivity contribution in [2.24, 2.45) is 0 Å². The van der Waals surface area contributed by atoms with E-state index in [0.29, 0.717) is 11.5 Å². The molecular weight excluding hydrogens is 852 g/mol. The Morgan fingerprint density at radius 1 is 0.642 bits per heavy atom. The van der Waals surface area contributed by atoms with E-state index in [1.807, 2.05) is 35.7 Å². The van der Waals surface area contributed by atoms with E-state index in [1.165, 1.54) is 25.7 Å². The zero-order chi connectivity index (χ0) is 35.0. The first-order valence-corrected chi connectivity index (χ1v) is 18.3. The molecule has 0 unspecified atom stereocenters. The smallest absolute Gasteiger partial charge is 0.135 e. The molecule has 0 saturated carbocycles. The van der Waals surface area contributed by atoms with Crippen LogP contribution in [0.25, 0.3) is 47.8 Å². The van der Waals surface area contributed by atoms with Crippen molar-refractivity contribution < 1.29 is 25.8 Å². The van der Waals surface area contributed by atoms with Gasteiger partial charge >= 0.3 is 0 Å². The zero-order valence-corrected chi connectivity index (χ0v) is 32.4. The van der Waals surface area contributed by atoms with Crippen LogP contribution in [0.1, 0.15) is 26.3 Å². The number of nitrogens with zero attached hydrogens (tertiary/aromatic N) is 4. The number of ether oxygens (including phenoxy) is 1. The predicted molar refractivity (Wildman–Crippen MR) is 216 cm³/mol. The van der Waals surface area contributed by atoms with E-state index < -0.39 is 0 Å². The van der Waals surface area contributed by atoms with Gasteiger partial charge in [0.15, 0.2) is 0 Å². The van der Waals surface area contributed by atoms with Gasteiger partial charge in [0.1, 0.15) is 5.82 Å². The van der Waals surface area contributed by atoms with Crippen molar-refractivity contribution in [3.8, 4) is 17.3 Å². The summed E-state index contributed by atoms with van der Waals surface area (Å²) in [5, 5.41) is 4.81. The number of thiophene rings is 1. The van der Waals surface area contributed by atoms with Crippen molar-refractivity contribution in [3.05, 3.63) is 164 Å². The van der Waals surface area contributed by atoms with Crippen molar-refractivity contribution in [1.82, 2.24) is 9.55 Å². The Hall–Kier alpha value is -5.42. The number of aromatic nitrogens is 2. The third-order valence-electron chi connectivity index (χ3n) is 9.90. The summed E-state index contributed by atoms with van der Waals surface area (Å²) in [6, 6.07) is 53.8. The Morgan fingerprint density at radius 3 is 2.19 bits per heavy atom. The molecule has 5 nitrogen and oxygen atoms in total. The topological polar surface area (TPSA) is 33.5 Å². The van der Waals surface area contributed by atoms with Gasteiger partial charge in [-0.25, -0.2) is 4.98 Å². The van der Waals surface area contributed by atoms with Gasteiger partial charge in [-0.15, -0.1) is 59.4 Å². The molecule has 262 valence electrons. The van der Waals surface area contributed by atoms with E-state index in [4.69, 9.17) is 9.72 Å². The van der Waals surface area contributed by atoms with Gasteiger partial charge in [0.2, 0.25) is 0 Å². The van der Waals surface area contributed by atoms with Crippen LogP contribution >= 0.6 is 11.3 Å². The van der Waals surface area contributed by atoms with Crippen molar-refractivity contribution in [2.45, 2.75) is 26.2 Å². The Kier molecular flexibility index (Phi) is 8.14. The number of fused-ring (bicyclic) bond motifs is 7. The molecule has 0 amide bonds. The van der Waals surface area contributed by atoms with Crippen LogP contribution in [0.2, 0.25) is 0 Å². The largest absolute Gasteiger partial charge is 0.509 e. The molecule has 0 N–H and O–H groups in total. The second kappa shape index (κ2) is 12.9. The van der Waals surface area contributed by atoms with Crippen molar-refractivity contribution in [3.63, 3.8) is 0 Å². The number of pyridine rings is 1. The summed E-state index contributed by atoms with van der Waals surface area (Å²) in [5.74, 6) is 2.08. The van der Waals surface area contributed by atoms with E-state index in [1.54, 1.807) is 0 Å². The number of hydrogen-bond donors (Lipinski definition) is 0. The average molecular weight is 885 g/mol. The van der Waals surface area contributed by atoms with Crippen LogP contribution in [0, 0.1) is 18.8 Å². The van der Waals surface area contributed by atoms with Gasteiger partial charge in [0.25, 0.3) is 0 Å². The monoisotopic (exact) mass is 884 g/mol. The maximum Gasteiger partial charge on any atom is 0.135 e. The first-order valence-electron chi connectivity index (χ1n) is 17.5.